The molecule has 0 aliphatic rings. The summed E-state index contributed by atoms with van der Waals surface area (Å²) < 4.78 is 5.57. The summed E-state index contributed by atoms with van der Waals surface area (Å²) in [6.45, 7) is 2.07. The summed E-state index contributed by atoms with van der Waals surface area (Å²) in [5, 5.41) is 0.464. The zero-order valence-electron chi connectivity index (χ0n) is 9.48. The highest BCUT2D eigenvalue weighted by molar-refractivity contribution is 6.31. The second kappa shape index (κ2) is 5.06. The van der Waals surface area contributed by atoms with Crippen molar-refractivity contribution in [3.8, 4) is 11.6 Å². The summed E-state index contributed by atoms with van der Waals surface area (Å²) >= 11 is 5.96. The minimum atomic E-state index is 0.366. The Hall–Kier alpha value is -1.74. The van der Waals surface area contributed by atoms with Crippen molar-refractivity contribution in [3.63, 3.8) is 0 Å². The van der Waals surface area contributed by atoms with Crippen molar-refractivity contribution in [2.45, 2.75) is 13.3 Å². The molecule has 0 atom stereocenters. The van der Waals surface area contributed by atoms with Gasteiger partial charge in [0.2, 0.25) is 5.88 Å². The van der Waals surface area contributed by atoms with Crippen LogP contribution in [0.5, 0.6) is 11.6 Å². The first-order valence-electron chi connectivity index (χ1n) is 5.37. The van der Waals surface area contributed by atoms with E-state index >= 15 is 0 Å². The Morgan fingerprint density at radius 1 is 1.35 bits per heavy atom. The van der Waals surface area contributed by atoms with Crippen molar-refractivity contribution in [1.82, 2.24) is 4.98 Å². The standard InChI is InChI=1S/C13H13ClN2O/c1-2-9-5-6-12(11(15)8-9)17-13-10(14)4-3-7-16-13/h3-8H,2,15H2,1H3. The van der Waals surface area contributed by atoms with Crippen LogP contribution in [0.1, 0.15) is 12.5 Å². The van der Waals surface area contributed by atoms with Gasteiger partial charge in [0.15, 0.2) is 5.75 Å². The highest BCUT2D eigenvalue weighted by Gasteiger charge is 2.06. The van der Waals surface area contributed by atoms with Crippen LogP contribution in [-0.2, 0) is 6.42 Å². The van der Waals surface area contributed by atoms with E-state index in [0.717, 1.165) is 6.42 Å². The molecule has 0 bridgehead atoms. The number of benzene rings is 1. The van der Waals surface area contributed by atoms with E-state index in [1.165, 1.54) is 5.56 Å². The molecule has 0 aliphatic carbocycles. The molecule has 0 spiro atoms. The topological polar surface area (TPSA) is 48.1 Å². The molecule has 2 rings (SSSR count). The highest BCUT2D eigenvalue weighted by Crippen LogP contribution is 2.30. The third-order valence-corrected chi connectivity index (χ3v) is 2.70. The minimum Gasteiger partial charge on any atom is -0.435 e. The molecule has 0 amide bonds. The van der Waals surface area contributed by atoms with E-state index in [1.807, 2.05) is 18.2 Å². The van der Waals surface area contributed by atoms with Crippen molar-refractivity contribution in [2.75, 3.05) is 5.73 Å². The molecule has 0 radical (unpaired) electrons. The average Bonchev–Trinajstić information content (AvgIpc) is 2.34. The van der Waals surface area contributed by atoms with Crippen LogP contribution in [0.4, 0.5) is 5.69 Å². The maximum absolute atomic E-state index is 5.96. The summed E-state index contributed by atoms with van der Waals surface area (Å²) in [5.74, 6) is 0.938. The number of halogens is 1. The van der Waals surface area contributed by atoms with Crippen molar-refractivity contribution in [3.05, 3.63) is 47.1 Å². The first-order valence-corrected chi connectivity index (χ1v) is 5.75. The van der Waals surface area contributed by atoms with Crippen LogP contribution in [0.15, 0.2) is 36.5 Å². The average molecular weight is 249 g/mol. The summed E-state index contributed by atoms with van der Waals surface area (Å²) in [6.07, 6.45) is 2.56. The van der Waals surface area contributed by atoms with E-state index in [2.05, 4.69) is 11.9 Å². The lowest BCUT2D eigenvalue weighted by Gasteiger charge is -2.09. The van der Waals surface area contributed by atoms with Crippen molar-refractivity contribution >= 4 is 17.3 Å². The molecular weight excluding hydrogens is 236 g/mol. The van der Waals surface area contributed by atoms with Gasteiger partial charge in [-0.2, -0.15) is 0 Å². The van der Waals surface area contributed by atoms with Gasteiger partial charge in [-0.05, 0) is 36.2 Å². The third kappa shape index (κ3) is 2.68. The molecule has 2 N–H and O–H groups in total. The van der Waals surface area contributed by atoms with Crippen molar-refractivity contribution in [1.29, 1.82) is 0 Å². The van der Waals surface area contributed by atoms with Gasteiger partial charge in [-0.25, -0.2) is 4.98 Å². The molecule has 1 aromatic heterocycles. The second-order valence-electron chi connectivity index (χ2n) is 3.62. The Morgan fingerprint density at radius 3 is 2.82 bits per heavy atom. The molecule has 17 heavy (non-hydrogen) atoms. The fourth-order valence-electron chi connectivity index (χ4n) is 1.46. The summed E-state index contributed by atoms with van der Waals surface area (Å²) in [4.78, 5) is 4.05. The number of nitrogens with zero attached hydrogens (tertiary/aromatic N) is 1. The van der Waals surface area contributed by atoms with Gasteiger partial charge in [0.05, 0.1) is 5.69 Å². The molecule has 0 saturated heterocycles. The Labute approximate surface area is 105 Å². The molecule has 0 fully saturated rings. The Kier molecular flexibility index (Phi) is 3.49. The zero-order valence-corrected chi connectivity index (χ0v) is 10.2. The lowest BCUT2D eigenvalue weighted by Crippen LogP contribution is -1.95. The molecule has 0 aliphatic heterocycles. The van der Waals surface area contributed by atoms with Gasteiger partial charge in [-0.15, -0.1) is 0 Å². The third-order valence-electron chi connectivity index (χ3n) is 2.41. The van der Waals surface area contributed by atoms with Crippen LogP contribution in [0, 0.1) is 0 Å². The fraction of sp³-hybridized carbons (Fsp3) is 0.154. The van der Waals surface area contributed by atoms with Crippen LogP contribution in [0.3, 0.4) is 0 Å². The van der Waals surface area contributed by atoms with Crippen LogP contribution in [-0.4, -0.2) is 4.98 Å². The van der Waals surface area contributed by atoms with Crippen LogP contribution < -0.4 is 10.5 Å². The maximum Gasteiger partial charge on any atom is 0.238 e. The lowest BCUT2D eigenvalue weighted by molar-refractivity contribution is 0.465. The van der Waals surface area contributed by atoms with Crippen LogP contribution >= 0.6 is 11.6 Å². The van der Waals surface area contributed by atoms with Crippen LogP contribution in [0.2, 0.25) is 5.02 Å². The maximum atomic E-state index is 5.96. The number of pyridine rings is 1. The van der Waals surface area contributed by atoms with E-state index in [4.69, 9.17) is 22.1 Å². The van der Waals surface area contributed by atoms with Gasteiger partial charge in [0, 0.05) is 6.20 Å². The van der Waals surface area contributed by atoms with E-state index in [1.54, 1.807) is 18.3 Å². The normalized spacial score (nSPS) is 10.2. The number of ether oxygens (including phenoxy) is 1. The fourth-order valence-corrected chi connectivity index (χ4v) is 1.62. The number of nitrogens with two attached hydrogens (primary N) is 1. The number of hydrogen-bond donors (Lipinski definition) is 1. The second-order valence-corrected chi connectivity index (χ2v) is 4.03. The predicted octanol–water partition coefficient (Wildman–Crippen LogP) is 3.67. The number of nitrogen functional groups attached to an aromatic ring is 1. The molecular formula is C13H13ClN2O. The molecule has 0 saturated carbocycles. The summed E-state index contributed by atoms with van der Waals surface area (Å²) in [5.41, 5.74) is 7.66. The Bertz CT molecular complexity index is 529. The monoisotopic (exact) mass is 248 g/mol. The molecule has 4 heteroatoms. The van der Waals surface area contributed by atoms with E-state index < -0.39 is 0 Å². The van der Waals surface area contributed by atoms with Crippen molar-refractivity contribution in [2.24, 2.45) is 0 Å². The van der Waals surface area contributed by atoms with E-state index in [0.29, 0.717) is 22.3 Å². The van der Waals surface area contributed by atoms with Gasteiger partial charge in [-0.3, -0.25) is 0 Å². The lowest BCUT2D eigenvalue weighted by atomic mass is 10.1. The predicted molar refractivity (Wildman–Crippen MR) is 69.6 cm³/mol. The number of aryl methyl sites for hydroxylation is 1. The quantitative estimate of drug-likeness (QED) is 0.843. The molecule has 3 nitrogen and oxygen atoms in total. The minimum absolute atomic E-state index is 0.366. The Morgan fingerprint density at radius 2 is 2.18 bits per heavy atom. The first-order chi connectivity index (χ1) is 8.20. The number of anilines is 1. The summed E-state index contributed by atoms with van der Waals surface area (Å²) in [7, 11) is 0. The molecule has 2 aromatic rings. The number of aromatic nitrogens is 1. The SMILES string of the molecule is CCc1ccc(Oc2ncccc2Cl)c(N)c1. The van der Waals surface area contributed by atoms with Gasteiger partial charge >= 0.3 is 0 Å². The molecule has 1 aromatic carbocycles. The van der Waals surface area contributed by atoms with E-state index in [9.17, 15) is 0 Å². The first kappa shape index (κ1) is 11.7. The van der Waals surface area contributed by atoms with Crippen LogP contribution in [0.25, 0.3) is 0 Å². The number of rotatable bonds is 3. The van der Waals surface area contributed by atoms with Gasteiger partial charge in [-0.1, -0.05) is 24.6 Å². The van der Waals surface area contributed by atoms with E-state index in [-0.39, 0.29) is 0 Å². The molecule has 1 heterocycles. The van der Waals surface area contributed by atoms with Gasteiger partial charge in [0.1, 0.15) is 5.02 Å². The Balaban J connectivity index is 2.28. The molecule has 88 valence electrons. The molecule has 0 unspecified atom stereocenters. The van der Waals surface area contributed by atoms with Gasteiger partial charge < -0.3 is 10.5 Å². The highest BCUT2D eigenvalue weighted by atomic mass is 35.5. The largest absolute Gasteiger partial charge is 0.435 e. The van der Waals surface area contributed by atoms with Crippen molar-refractivity contribution < 1.29 is 4.74 Å². The zero-order chi connectivity index (χ0) is 12.3. The summed E-state index contributed by atoms with van der Waals surface area (Å²) in [6, 6.07) is 9.17. The van der Waals surface area contributed by atoms with Gasteiger partial charge in [0.25, 0.3) is 0 Å². The smallest absolute Gasteiger partial charge is 0.238 e. The number of hydrogen-bond acceptors (Lipinski definition) is 3.